The van der Waals surface area contributed by atoms with Crippen LogP contribution in [0.4, 0.5) is 0 Å². The zero-order valence-electron chi connectivity index (χ0n) is 9.78. The molecule has 2 rings (SSSR count). The summed E-state index contributed by atoms with van der Waals surface area (Å²) in [7, 11) is 0. The SMILES string of the molecule is CC(C#N)(Cc1cccs1)c1c(Cl)cccc1Cl. The minimum atomic E-state index is -0.708. The van der Waals surface area contributed by atoms with E-state index < -0.39 is 5.41 Å². The van der Waals surface area contributed by atoms with Crippen molar-refractivity contribution in [1.82, 2.24) is 0 Å². The molecule has 0 saturated carbocycles. The third kappa shape index (κ3) is 2.54. The summed E-state index contributed by atoms with van der Waals surface area (Å²) in [6.07, 6.45) is 0.616. The maximum atomic E-state index is 9.52. The smallest absolute Gasteiger partial charge is 0.0871 e. The Morgan fingerprint density at radius 2 is 1.89 bits per heavy atom. The van der Waals surface area contributed by atoms with Crippen LogP contribution in [0.5, 0.6) is 0 Å². The van der Waals surface area contributed by atoms with Gasteiger partial charge in [-0.25, -0.2) is 0 Å². The van der Waals surface area contributed by atoms with Gasteiger partial charge < -0.3 is 0 Å². The Morgan fingerprint density at radius 3 is 2.39 bits per heavy atom. The van der Waals surface area contributed by atoms with Crippen molar-refractivity contribution in [2.75, 3.05) is 0 Å². The Hall–Kier alpha value is -1.01. The summed E-state index contributed by atoms with van der Waals surface area (Å²) >= 11 is 14.0. The Bertz CT molecular complexity index is 566. The van der Waals surface area contributed by atoms with E-state index in [0.717, 1.165) is 4.88 Å². The van der Waals surface area contributed by atoms with Gasteiger partial charge in [-0.15, -0.1) is 11.3 Å². The molecule has 0 aliphatic rings. The molecule has 1 nitrogen and oxygen atoms in total. The third-order valence-corrected chi connectivity index (χ3v) is 4.38. The van der Waals surface area contributed by atoms with Crippen LogP contribution < -0.4 is 0 Å². The monoisotopic (exact) mass is 295 g/mol. The minimum absolute atomic E-state index is 0.545. The third-order valence-electron chi connectivity index (χ3n) is 2.87. The number of thiophene rings is 1. The predicted octanol–water partition coefficient (Wildman–Crippen LogP) is 5.08. The molecule has 0 spiro atoms. The standard InChI is InChI=1S/C14H11Cl2NS/c1-14(9-17,8-10-4-3-7-18-10)13-11(15)5-2-6-12(13)16/h2-7H,8H2,1H3. The molecule has 0 aliphatic carbocycles. The molecule has 1 heterocycles. The molecule has 1 aromatic heterocycles. The number of benzene rings is 1. The van der Waals surface area contributed by atoms with Gasteiger partial charge in [0.15, 0.2) is 0 Å². The minimum Gasteiger partial charge on any atom is -0.197 e. The topological polar surface area (TPSA) is 23.8 Å². The molecular formula is C14H11Cl2NS. The van der Waals surface area contributed by atoms with Gasteiger partial charge in [0.2, 0.25) is 0 Å². The van der Waals surface area contributed by atoms with E-state index in [1.807, 2.05) is 24.4 Å². The molecule has 0 bridgehead atoms. The lowest BCUT2D eigenvalue weighted by molar-refractivity contribution is 0.613. The Kier molecular flexibility index (Phi) is 3.97. The zero-order chi connectivity index (χ0) is 13.2. The molecule has 4 heteroatoms. The van der Waals surface area contributed by atoms with Crippen LogP contribution >= 0.6 is 34.5 Å². The highest BCUT2D eigenvalue weighted by Crippen LogP contribution is 2.38. The first-order chi connectivity index (χ1) is 8.57. The van der Waals surface area contributed by atoms with Crippen molar-refractivity contribution in [2.45, 2.75) is 18.8 Å². The summed E-state index contributed by atoms with van der Waals surface area (Å²) < 4.78 is 0. The number of nitrogens with zero attached hydrogens (tertiary/aromatic N) is 1. The van der Waals surface area contributed by atoms with Gasteiger partial charge >= 0.3 is 0 Å². The van der Waals surface area contributed by atoms with Gasteiger partial charge in [-0.05, 0) is 30.5 Å². The van der Waals surface area contributed by atoms with Crippen molar-refractivity contribution in [1.29, 1.82) is 5.26 Å². The summed E-state index contributed by atoms with van der Waals surface area (Å²) in [6.45, 7) is 1.87. The van der Waals surface area contributed by atoms with Crippen molar-refractivity contribution in [3.63, 3.8) is 0 Å². The molecule has 0 N–H and O–H groups in total. The van der Waals surface area contributed by atoms with E-state index in [1.165, 1.54) is 0 Å². The Balaban J connectivity index is 2.47. The number of nitriles is 1. The molecule has 1 atom stereocenters. The largest absolute Gasteiger partial charge is 0.197 e. The lowest BCUT2D eigenvalue weighted by Gasteiger charge is -2.23. The van der Waals surface area contributed by atoms with E-state index >= 15 is 0 Å². The van der Waals surface area contributed by atoms with Gasteiger partial charge in [-0.2, -0.15) is 5.26 Å². The average molecular weight is 296 g/mol. The average Bonchev–Trinajstić information content (AvgIpc) is 2.81. The summed E-state index contributed by atoms with van der Waals surface area (Å²) in [5.74, 6) is 0. The van der Waals surface area contributed by atoms with Crippen LogP contribution in [0.2, 0.25) is 10.0 Å². The van der Waals surface area contributed by atoms with Gasteiger partial charge in [0.05, 0.1) is 11.5 Å². The van der Waals surface area contributed by atoms with E-state index in [2.05, 4.69) is 6.07 Å². The summed E-state index contributed by atoms with van der Waals surface area (Å²) in [5, 5.41) is 12.6. The van der Waals surface area contributed by atoms with E-state index in [9.17, 15) is 5.26 Å². The van der Waals surface area contributed by atoms with Crippen molar-refractivity contribution in [2.24, 2.45) is 0 Å². The highest BCUT2D eigenvalue weighted by Gasteiger charge is 2.31. The molecule has 2 aromatic rings. The molecule has 0 saturated heterocycles. The van der Waals surface area contributed by atoms with Crippen LogP contribution in [0.3, 0.4) is 0 Å². The molecule has 0 aliphatic heterocycles. The number of hydrogen-bond donors (Lipinski definition) is 0. The van der Waals surface area contributed by atoms with Crippen molar-refractivity contribution in [3.8, 4) is 6.07 Å². The van der Waals surface area contributed by atoms with E-state index in [-0.39, 0.29) is 0 Å². The molecule has 1 aromatic carbocycles. The highest BCUT2D eigenvalue weighted by molar-refractivity contribution is 7.09. The Morgan fingerprint density at radius 1 is 1.22 bits per heavy atom. The van der Waals surface area contributed by atoms with Crippen molar-refractivity contribution < 1.29 is 0 Å². The van der Waals surface area contributed by atoms with Crippen LogP contribution in [0, 0.1) is 11.3 Å². The molecular weight excluding hydrogens is 285 g/mol. The van der Waals surface area contributed by atoms with Crippen molar-refractivity contribution >= 4 is 34.5 Å². The molecule has 0 radical (unpaired) electrons. The lowest BCUT2D eigenvalue weighted by atomic mass is 9.80. The van der Waals surface area contributed by atoms with Crippen LogP contribution in [-0.2, 0) is 11.8 Å². The predicted molar refractivity (Wildman–Crippen MR) is 77.5 cm³/mol. The molecule has 18 heavy (non-hydrogen) atoms. The number of hydrogen-bond acceptors (Lipinski definition) is 2. The van der Waals surface area contributed by atoms with Gasteiger partial charge in [0.25, 0.3) is 0 Å². The Labute approximate surface area is 121 Å². The fourth-order valence-electron chi connectivity index (χ4n) is 1.97. The van der Waals surface area contributed by atoms with Gasteiger partial charge in [0, 0.05) is 26.9 Å². The maximum absolute atomic E-state index is 9.52. The van der Waals surface area contributed by atoms with Gasteiger partial charge in [0.1, 0.15) is 0 Å². The second-order valence-electron chi connectivity index (χ2n) is 4.30. The van der Waals surface area contributed by atoms with Crippen LogP contribution in [0.25, 0.3) is 0 Å². The van der Waals surface area contributed by atoms with E-state index in [1.54, 1.807) is 29.5 Å². The van der Waals surface area contributed by atoms with E-state index in [4.69, 9.17) is 23.2 Å². The summed E-state index contributed by atoms with van der Waals surface area (Å²) in [6, 6.07) is 11.7. The quantitative estimate of drug-likeness (QED) is 0.775. The highest BCUT2D eigenvalue weighted by atomic mass is 35.5. The number of halogens is 2. The van der Waals surface area contributed by atoms with Crippen LogP contribution in [0.1, 0.15) is 17.4 Å². The first kappa shape index (κ1) is 13.4. The second kappa shape index (κ2) is 5.32. The summed E-state index contributed by atoms with van der Waals surface area (Å²) in [5.41, 5.74) is 0.00420. The second-order valence-corrected chi connectivity index (χ2v) is 6.14. The fraction of sp³-hybridized carbons (Fsp3) is 0.214. The van der Waals surface area contributed by atoms with Gasteiger partial charge in [-0.1, -0.05) is 35.3 Å². The number of rotatable bonds is 3. The first-order valence-corrected chi connectivity index (χ1v) is 7.08. The van der Waals surface area contributed by atoms with E-state index in [0.29, 0.717) is 22.0 Å². The first-order valence-electron chi connectivity index (χ1n) is 5.45. The lowest BCUT2D eigenvalue weighted by Crippen LogP contribution is -2.23. The maximum Gasteiger partial charge on any atom is 0.0871 e. The fourth-order valence-corrected chi connectivity index (χ4v) is 3.65. The molecule has 1 unspecified atom stereocenters. The molecule has 0 amide bonds. The zero-order valence-corrected chi connectivity index (χ0v) is 12.1. The normalized spacial score (nSPS) is 13.9. The van der Waals surface area contributed by atoms with Crippen LogP contribution in [-0.4, -0.2) is 0 Å². The summed E-state index contributed by atoms with van der Waals surface area (Å²) in [4.78, 5) is 1.15. The molecule has 0 fully saturated rings. The molecule has 92 valence electrons. The van der Waals surface area contributed by atoms with Crippen LogP contribution in [0.15, 0.2) is 35.7 Å². The van der Waals surface area contributed by atoms with Crippen molar-refractivity contribution in [3.05, 3.63) is 56.2 Å². The van der Waals surface area contributed by atoms with Gasteiger partial charge in [-0.3, -0.25) is 0 Å².